The zero-order chi connectivity index (χ0) is 22.8. The van der Waals surface area contributed by atoms with E-state index < -0.39 is 11.2 Å². The number of halogens is 2. The Morgan fingerprint density at radius 3 is 2.59 bits per heavy atom. The lowest BCUT2D eigenvalue weighted by Gasteiger charge is -2.11. The molecule has 3 aromatic heterocycles. The van der Waals surface area contributed by atoms with Crippen LogP contribution in [0.2, 0.25) is 10.0 Å². The fraction of sp³-hybridized carbons (Fsp3) is 0.238. The minimum atomic E-state index is -0.529. The average Bonchev–Trinajstić information content (AvgIpc) is 3.12. The van der Waals surface area contributed by atoms with Crippen molar-refractivity contribution >= 4 is 34.4 Å². The van der Waals surface area contributed by atoms with E-state index in [2.05, 4.69) is 9.97 Å². The maximum Gasteiger partial charge on any atom is 0.332 e. The van der Waals surface area contributed by atoms with Crippen molar-refractivity contribution in [3.63, 3.8) is 0 Å². The number of aliphatic hydroxyl groups excluding tert-OH is 1. The summed E-state index contributed by atoms with van der Waals surface area (Å²) in [5.41, 5.74) is -0.0941. The molecule has 32 heavy (non-hydrogen) atoms. The van der Waals surface area contributed by atoms with Crippen molar-refractivity contribution in [1.29, 1.82) is 0 Å². The molecule has 4 aromatic rings. The average molecular weight is 476 g/mol. The number of nitrogens with zero attached hydrogens (tertiary/aromatic N) is 5. The summed E-state index contributed by atoms with van der Waals surface area (Å²) in [6, 6.07) is 10.3. The molecule has 0 saturated carbocycles. The number of pyridine rings is 1. The van der Waals surface area contributed by atoms with Crippen molar-refractivity contribution in [3.05, 3.63) is 79.2 Å². The minimum absolute atomic E-state index is 0.0762. The molecule has 0 radical (unpaired) electrons. The van der Waals surface area contributed by atoms with E-state index in [1.54, 1.807) is 41.0 Å². The topological polar surface area (TPSA) is 104 Å². The molecule has 0 spiro atoms. The molecular formula is C21H19Cl2N5O4. The van der Waals surface area contributed by atoms with E-state index in [-0.39, 0.29) is 43.3 Å². The summed E-state index contributed by atoms with van der Waals surface area (Å²) in [5, 5.41) is 10.1. The largest absolute Gasteiger partial charge is 0.425 e. The van der Waals surface area contributed by atoms with Crippen molar-refractivity contribution in [2.45, 2.75) is 19.5 Å². The van der Waals surface area contributed by atoms with Gasteiger partial charge in [-0.25, -0.2) is 4.79 Å². The van der Waals surface area contributed by atoms with Crippen LogP contribution in [0, 0.1) is 0 Å². The van der Waals surface area contributed by atoms with Crippen molar-refractivity contribution in [3.8, 4) is 11.8 Å². The van der Waals surface area contributed by atoms with E-state index in [4.69, 9.17) is 33.0 Å². The highest BCUT2D eigenvalue weighted by atomic mass is 35.5. The Morgan fingerprint density at radius 2 is 1.91 bits per heavy atom. The lowest BCUT2D eigenvalue weighted by molar-refractivity contribution is 0.277. The number of imidazole rings is 1. The summed E-state index contributed by atoms with van der Waals surface area (Å²) in [6.07, 6.45) is 1.77. The molecule has 0 fully saturated rings. The van der Waals surface area contributed by atoms with Crippen molar-refractivity contribution < 1.29 is 9.84 Å². The van der Waals surface area contributed by atoms with Crippen molar-refractivity contribution in [2.24, 2.45) is 7.05 Å². The highest BCUT2D eigenvalue weighted by Crippen LogP contribution is 2.26. The number of aryl methyl sites for hydroxylation is 1. The number of fused-ring (bicyclic) bond motifs is 1. The molecule has 0 aliphatic heterocycles. The lowest BCUT2D eigenvalue weighted by Crippen LogP contribution is -2.39. The van der Waals surface area contributed by atoms with Crippen LogP contribution >= 0.6 is 23.2 Å². The first-order valence-corrected chi connectivity index (χ1v) is 10.5. The van der Waals surface area contributed by atoms with E-state index in [1.807, 2.05) is 0 Å². The number of aromatic nitrogens is 5. The summed E-state index contributed by atoms with van der Waals surface area (Å²) in [7, 11) is 1.53. The Hall–Kier alpha value is -3.14. The SMILES string of the molecule is Cn1c(=O)n(CCCO)c(=O)c2c1nc(Oc1cccc(Cl)c1)n2Cc1ccc(Cl)cn1. The fourth-order valence-electron chi connectivity index (χ4n) is 3.30. The third-order valence-corrected chi connectivity index (χ3v) is 5.31. The number of hydrogen-bond acceptors (Lipinski definition) is 6. The van der Waals surface area contributed by atoms with Crippen LogP contribution in [0.1, 0.15) is 12.1 Å². The summed E-state index contributed by atoms with van der Waals surface area (Å²) in [5.74, 6) is 0.420. The third kappa shape index (κ3) is 4.27. The summed E-state index contributed by atoms with van der Waals surface area (Å²) < 4.78 is 9.87. The molecule has 0 unspecified atom stereocenters. The van der Waals surface area contributed by atoms with Gasteiger partial charge in [-0.05, 0) is 36.8 Å². The Balaban J connectivity index is 1.93. The fourth-order valence-corrected chi connectivity index (χ4v) is 3.59. The first kappa shape index (κ1) is 22.1. The van der Waals surface area contributed by atoms with Gasteiger partial charge in [0.05, 0.1) is 17.3 Å². The van der Waals surface area contributed by atoms with Crippen LogP contribution in [0.5, 0.6) is 11.8 Å². The van der Waals surface area contributed by atoms with Gasteiger partial charge in [-0.2, -0.15) is 4.98 Å². The molecule has 166 valence electrons. The van der Waals surface area contributed by atoms with Gasteiger partial charge in [-0.3, -0.25) is 23.5 Å². The van der Waals surface area contributed by atoms with E-state index in [0.29, 0.717) is 21.5 Å². The van der Waals surface area contributed by atoms with Crippen LogP contribution in [0.4, 0.5) is 0 Å². The second kappa shape index (κ2) is 9.15. The summed E-state index contributed by atoms with van der Waals surface area (Å²) in [4.78, 5) is 34.8. The van der Waals surface area contributed by atoms with Gasteiger partial charge >= 0.3 is 11.7 Å². The Labute approximate surface area is 192 Å². The molecule has 0 bridgehead atoms. The third-order valence-electron chi connectivity index (χ3n) is 4.85. The molecule has 0 atom stereocenters. The standard InChI is InChI=1S/C21H19Cl2N5O4/c1-26-18-17(19(30)27(21(26)31)8-3-9-29)28(12-15-7-6-14(23)11-24-15)20(25-18)32-16-5-2-4-13(22)10-16/h2,4-7,10-11,29H,3,8-9,12H2,1H3. The van der Waals surface area contributed by atoms with E-state index in [0.717, 1.165) is 4.57 Å². The van der Waals surface area contributed by atoms with Gasteiger partial charge in [0, 0.05) is 31.4 Å². The zero-order valence-electron chi connectivity index (χ0n) is 17.0. The summed E-state index contributed by atoms with van der Waals surface area (Å²) in [6.45, 7) is 0.0779. The predicted molar refractivity (Wildman–Crippen MR) is 121 cm³/mol. The summed E-state index contributed by atoms with van der Waals surface area (Å²) >= 11 is 12.0. The molecule has 3 heterocycles. The molecule has 1 aromatic carbocycles. The van der Waals surface area contributed by atoms with Crippen molar-refractivity contribution in [2.75, 3.05) is 6.61 Å². The minimum Gasteiger partial charge on any atom is -0.425 e. The second-order valence-electron chi connectivity index (χ2n) is 7.06. The normalized spacial score (nSPS) is 11.2. The van der Waals surface area contributed by atoms with Gasteiger partial charge in [-0.1, -0.05) is 29.3 Å². The van der Waals surface area contributed by atoms with Gasteiger partial charge < -0.3 is 9.84 Å². The maximum absolute atomic E-state index is 13.3. The Bertz CT molecular complexity index is 1390. The van der Waals surface area contributed by atoms with Crippen LogP contribution in [0.25, 0.3) is 11.2 Å². The molecule has 0 saturated heterocycles. The van der Waals surface area contributed by atoms with E-state index >= 15 is 0 Å². The van der Waals surface area contributed by atoms with Crippen LogP contribution in [0.3, 0.4) is 0 Å². The lowest BCUT2D eigenvalue weighted by atomic mass is 10.3. The van der Waals surface area contributed by atoms with E-state index in [9.17, 15) is 9.59 Å². The molecular weight excluding hydrogens is 457 g/mol. The molecule has 1 N–H and O–H groups in total. The number of hydrogen-bond donors (Lipinski definition) is 1. The van der Waals surface area contributed by atoms with Crippen LogP contribution < -0.4 is 16.0 Å². The number of ether oxygens (including phenoxy) is 1. The first-order chi connectivity index (χ1) is 15.4. The molecule has 0 aliphatic carbocycles. The number of aliphatic hydroxyl groups is 1. The number of benzene rings is 1. The quantitative estimate of drug-likeness (QED) is 0.440. The predicted octanol–water partition coefficient (Wildman–Crippen LogP) is 2.82. The Morgan fingerprint density at radius 1 is 1.09 bits per heavy atom. The molecule has 0 amide bonds. The zero-order valence-corrected chi connectivity index (χ0v) is 18.5. The van der Waals surface area contributed by atoms with Crippen LogP contribution in [0.15, 0.2) is 52.2 Å². The molecule has 9 nitrogen and oxygen atoms in total. The molecule has 11 heteroatoms. The maximum atomic E-state index is 13.3. The van der Waals surface area contributed by atoms with Crippen LogP contribution in [-0.2, 0) is 20.1 Å². The van der Waals surface area contributed by atoms with Gasteiger partial charge in [0.1, 0.15) is 5.75 Å². The highest BCUT2D eigenvalue weighted by molar-refractivity contribution is 6.30. The molecule has 0 aliphatic rings. The van der Waals surface area contributed by atoms with Crippen molar-refractivity contribution in [1.82, 2.24) is 23.7 Å². The van der Waals surface area contributed by atoms with Crippen LogP contribution in [-0.4, -0.2) is 35.4 Å². The smallest absolute Gasteiger partial charge is 0.332 e. The first-order valence-electron chi connectivity index (χ1n) is 9.74. The molecule has 4 rings (SSSR count). The Kier molecular flexibility index (Phi) is 6.31. The van der Waals surface area contributed by atoms with Gasteiger partial charge in [0.25, 0.3) is 5.56 Å². The van der Waals surface area contributed by atoms with Gasteiger partial charge in [0.15, 0.2) is 11.2 Å². The second-order valence-corrected chi connectivity index (χ2v) is 7.93. The van der Waals surface area contributed by atoms with Gasteiger partial charge in [0.2, 0.25) is 0 Å². The van der Waals surface area contributed by atoms with Gasteiger partial charge in [-0.15, -0.1) is 0 Å². The number of rotatable bonds is 7. The monoisotopic (exact) mass is 475 g/mol. The van der Waals surface area contributed by atoms with E-state index in [1.165, 1.54) is 17.8 Å². The highest BCUT2D eigenvalue weighted by Gasteiger charge is 2.22.